The smallest absolute Gasteiger partial charge is 0.316 e. The predicted octanol–water partition coefficient (Wildman–Crippen LogP) is 0.0891. The lowest BCUT2D eigenvalue weighted by Crippen LogP contribution is -2.40. The van der Waals surface area contributed by atoms with Gasteiger partial charge in [0.15, 0.2) is 0 Å². The molecule has 84 valence electrons. The van der Waals surface area contributed by atoms with Crippen molar-refractivity contribution in [3.8, 4) is 0 Å². The number of aliphatic carboxylic acids is 1. The van der Waals surface area contributed by atoms with Gasteiger partial charge in [-0.25, -0.2) is 0 Å². The highest BCUT2D eigenvalue weighted by Crippen LogP contribution is 2.49. The van der Waals surface area contributed by atoms with Gasteiger partial charge in [0.1, 0.15) is 11.4 Å². The summed E-state index contributed by atoms with van der Waals surface area (Å²) in [5.41, 5.74) is 0. The maximum Gasteiger partial charge on any atom is 0.316 e. The topological polar surface area (TPSA) is 66.4 Å². The number of rotatable bonds is 3. The summed E-state index contributed by atoms with van der Waals surface area (Å²) in [6.07, 6.45) is 2.15. The number of ether oxygens (including phenoxy) is 1. The van der Waals surface area contributed by atoms with Crippen molar-refractivity contribution >= 4 is 27.9 Å². The third kappa shape index (κ3) is 2.02. The molecule has 0 saturated heterocycles. The molecule has 2 aliphatic carbocycles. The molecule has 4 unspecified atom stereocenters. The Hall–Kier alpha value is -0.580. The number of alkyl halides is 1. The van der Waals surface area contributed by atoms with Crippen LogP contribution in [0.25, 0.3) is 0 Å². The maximum atomic E-state index is 11.1. The van der Waals surface area contributed by atoms with Gasteiger partial charge in [0.05, 0.1) is 0 Å². The Labute approximate surface area is 96.1 Å². The molecule has 0 radical (unpaired) electrons. The molecule has 2 fully saturated rings. The molecule has 2 saturated carbocycles. The summed E-state index contributed by atoms with van der Waals surface area (Å²) in [5, 5.41) is 11.0. The monoisotopic (exact) mass is 275 g/mol. The number of hydrogen-bond donors (Lipinski definition) is 0. The summed E-state index contributed by atoms with van der Waals surface area (Å²) in [5.74, 6) is -1.36. The average Bonchev–Trinajstić information content (AvgIpc) is 2.76. The Morgan fingerprint density at radius 2 is 2.07 bits per heavy atom. The minimum Gasteiger partial charge on any atom is -0.550 e. The highest BCUT2D eigenvalue weighted by molar-refractivity contribution is 9.09. The normalized spacial score (nSPS) is 37.9. The quantitative estimate of drug-likeness (QED) is 0.541. The average molecular weight is 276 g/mol. The van der Waals surface area contributed by atoms with Crippen LogP contribution in [0.2, 0.25) is 0 Å². The minimum atomic E-state index is -0.998. The zero-order valence-electron chi connectivity index (χ0n) is 8.15. The van der Waals surface area contributed by atoms with E-state index in [2.05, 4.69) is 15.9 Å². The molecule has 5 heteroatoms. The molecule has 0 heterocycles. The van der Waals surface area contributed by atoms with Crippen LogP contribution in [0.15, 0.2) is 0 Å². The van der Waals surface area contributed by atoms with Crippen molar-refractivity contribution in [1.82, 2.24) is 0 Å². The van der Waals surface area contributed by atoms with Crippen molar-refractivity contribution in [3.05, 3.63) is 0 Å². The lowest BCUT2D eigenvalue weighted by atomic mass is 9.87. The lowest BCUT2D eigenvalue weighted by Gasteiger charge is -2.29. The second-order valence-electron chi connectivity index (χ2n) is 4.32. The van der Waals surface area contributed by atoms with Crippen LogP contribution in [0.1, 0.15) is 19.3 Å². The second kappa shape index (κ2) is 4.12. The number of hydrogen-bond acceptors (Lipinski definition) is 4. The SMILES string of the molecule is O=C(CBr)OC1CC2CC(C(=O)[O-])C1C2. The Morgan fingerprint density at radius 3 is 2.60 bits per heavy atom. The molecule has 2 aliphatic rings. The molecular formula is C10H12BrO4-. The van der Waals surface area contributed by atoms with E-state index in [0.717, 1.165) is 12.8 Å². The minimum absolute atomic E-state index is 0.0250. The fourth-order valence-electron chi connectivity index (χ4n) is 2.89. The van der Waals surface area contributed by atoms with Gasteiger partial charge in [-0.15, -0.1) is 0 Å². The number of esters is 1. The number of carbonyl (C=O) groups excluding carboxylic acids is 2. The number of carboxylic acids is 1. The van der Waals surface area contributed by atoms with Crippen molar-refractivity contribution in [2.75, 3.05) is 5.33 Å². The molecule has 0 spiro atoms. The molecule has 0 aromatic rings. The van der Waals surface area contributed by atoms with Crippen LogP contribution in [-0.2, 0) is 14.3 Å². The van der Waals surface area contributed by atoms with Gasteiger partial charge < -0.3 is 14.6 Å². The molecule has 2 rings (SSSR count). The van der Waals surface area contributed by atoms with Gasteiger partial charge in [0.2, 0.25) is 0 Å². The standard InChI is InChI=1S/C10H13BrO4/c11-4-9(12)15-8-3-5-1-6(8)7(2-5)10(13)14/h5-8H,1-4H2,(H,13,14)/p-1. The Balaban J connectivity index is 1.99. The van der Waals surface area contributed by atoms with Crippen LogP contribution in [0.3, 0.4) is 0 Å². The van der Waals surface area contributed by atoms with Crippen LogP contribution in [0.4, 0.5) is 0 Å². The molecule has 0 aromatic carbocycles. The molecule has 0 aromatic heterocycles. The van der Waals surface area contributed by atoms with Gasteiger partial charge in [-0.2, -0.15) is 0 Å². The number of halogens is 1. The maximum absolute atomic E-state index is 11.1. The van der Waals surface area contributed by atoms with Gasteiger partial charge in [-0.3, -0.25) is 4.79 Å². The van der Waals surface area contributed by atoms with Gasteiger partial charge in [0.25, 0.3) is 0 Å². The summed E-state index contributed by atoms with van der Waals surface area (Å²) in [4.78, 5) is 21.9. The van der Waals surface area contributed by atoms with E-state index in [0.29, 0.717) is 12.3 Å². The second-order valence-corrected chi connectivity index (χ2v) is 4.89. The van der Waals surface area contributed by atoms with Crippen LogP contribution < -0.4 is 5.11 Å². The highest BCUT2D eigenvalue weighted by atomic mass is 79.9. The molecule has 4 atom stereocenters. The first-order valence-electron chi connectivity index (χ1n) is 5.08. The fourth-order valence-corrected chi connectivity index (χ4v) is 3.02. The molecule has 4 nitrogen and oxygen atoms in total. The Morgan fingerprint density at radius 1 is 1.33 bits per heavy atom. The van der Waals surface area contributed by atoms with Crippen molar-refractivity contribution in [2.24, 2.45) is 17.8 Å². The summed E-state index contributed by atoms with van der Waals surface area (Å²) < 4.78 is 5.20. The summed E-state index contributed by atoms with van der Waals surface area (Å²) >= 11 is 3.02. The van der Waals surface area contributed by atoms with Gasteiger partial charge in [-0.05, 0) is 25.2 Å². The third-order valence-corrected chi connectivity index (χ3v) is 3.91. The Bertz CT molecular complexity index is 291. The van der Waals surface area contributed by atoms with Crippen molar-refractivity contribution in [1.29, 1.82) is 0 Å². The first-order chi connectivity index (χ1) is 7.11. The highest BCUT2D eigenvalue weighted by Gasteiger charge is 2.48. The van der Waals surface area contributed by atoms with Gasteiger partial charge in [0, 0.05) is 17.8 Å². The van der Waals surface area contributed by atoms with E-state index in [4.69, 9.17) is 4.74 Å². The summed E-state index contributed by atoms with van der Waals surface area (Å²) in [6, 6.07) is 0. The lowest BCUT2D eigenvalue weighted by molar-refractivity contribution is -0.314. The van der Waals surface area contributed by atoms with E-state index in [1.807, 2.05) is 0 Å². The van der Waals surface area contributed by atoms with E-state index in [1.165, 1.54) is 0 Å². The van der Waals surface area contributed by atoms with E-state index >= 15 is 0 Å². The number of carboxylic acid groups (broad SMARTS) is 1. The molecule has 0 N–H and O–H groups in total. The zero-order chi connectivity index (χ0) is 11.0. The molecule has 0 aliphatic heterocycles. The first-order valence-corrected chi connectivity index (χ1v) is 6.20. The molecule has 15 heavy (non-hydrogen) atoms. The van der Waals surface area contributed by atoms with Gasteiger partial charge in [-0.1, -0.05) is 15.9 Å². The van der Waals surface area contributed by atoms with E-state index < -0.39 is 11.9 Å². The predicted molar refractivity (Wildman–Crippen MR) is 53.0 cm³/mol. The van der Waals surface area contributed by atoms with Crippen LogP contribution in [-0.4, -0.2) is 23.4 Å². The zero-order valence-corrected chi connectivity index (χ0v) is 9.73. The van der Waals surface area contributed by atoms with E-state index in [1.54, 1.807) is 0 Å². The third-order valence-electron chi connectivity index (χ3n) is 3.45. The number of fused-ring (bicyclic) bond motifs is 2. The van der Waals surface area contributed by atoms with E-state index in [-0.39, 0.29) is 23.3 Å². The molecule has 0 amide bonds. The van der Waals surface area contributed by atoms with Crippen molar-refractivity contribution in [3.63, 3.8) is 0 Å². The van der Waals surface area contributed by atoms with Gasteiger partial charge >= 0.3 is 5.97 Å². The van der Waals surface area contributed by atoms with Crippen LogP contribution >= 0.6 is 15.9 Å². The largest absolute Gasteiger partial charge is 0.550 e. The molecular weight excluding hydrogens is 264 g/mol. The van der Waals surface area contributed by atoms with Crippen molar-refractivity contribution < 1.29 is 19.4 Å². The number of carbonyl (C=O) groups is 2. The fraction of sp³-hybridized carbons (Fsp3) is 0.800. The van der Waals surface area contributed by atoms with Crippen molar-refractivity contribution in [2.45, 2.75) is 25.4 Å². The summed E-state index contributed by atoms with van der Waals surface area (Å²) in [7, 11) is 0. The molecule has 2 bridgehead atoms. The van der Waals surface area contributed by atoms with Crippen LogP contribution in [0, 0.1) is 17.8 Å². The first kappa shape index (κ1) is 10.9. The Kier molecular flexibility index (Phi) is 3.00. The van der Waals surface area contributed by atoms with E-state index in [9.17, 15) is 14.7 Å². The van der Waals surface area contributed by atoms with Crippen LogP contribution in [0.5, 0.6) is 0 Å². The summed E-state index contributed by atoms with van der Waals surface area (Å²) in [6.45, 7) is 0.